The number of nitrogen functional groups attached to an aromatic ring is 1. The maximum atomic E-state index is 12.0. The summed E-state index contributed by atoms with van der Waals surface area (Å²) in [6.07, 6.45) is 3.28. The van der Waals surface area contributed by atoms with Crippen LogP contribution in [0.15, 0.2) is 39.6 Å². The van der Waals surface area contributed by atoms with Gasteiger partial charge in [0.2, 0.25) is 0 Å². The van der Waals surface area contributed by atoms with Gasteiger partial charge in [0, 0.05) is 18.0 Å². The molecule has 0 aromatic carbocycles. The molecular formula is C12H9ClN4OS2. The molecule has 3 aromatic heterocycles. The second-order valence-electron chi connectivity index (χ2n) is 3.97. The van der Waals surface area contributed by atoms with Crippen LogP contribution in [0.3, 0.4) is 0 Å². The van der Waals surface area contributed by atoms with E-state index in [1.807, 2.05) is 0 Å². The van der Waals surface area contributed by atoms with Crippen molar-refractivity contribution in [2.75, 3.05) is 5.73 Å². The fourth-order valence-corrected chi connectivity index (χ4v) is 3.50. The average Bonchev–Trinajstić information content (AvgIpc) is 2.83. The summed E-state index contributed by atoms with van der Waals surface area (Å²) < 4.78 is 2.43. The van der Waals surface area contributed by atoms with Gasteiger partial charge in [-0.25, -0.2) is 9.97 Å². The van der Waals surface area contributed by atoms with Gasteiger partial charge in [-0.15, -0.1) is 11.8 Å². The molecule has 0 aliphatic carbocycles. The van der Waals surface area contributed by atoms with E-state index < -0.39 is 0 Å². The average molecular weight is 325 g/mol. The third-order valence-electron chi connectivity index (χ3n) is 2.54. The Kier molecular flexibility index (Phi) is 3.64. The van der Waals surface area contributed by atoms with Crippen LogP contribution in [0.25, 0.3) is 5.65 Å². The molecule has 20 heavy (non-hydrogen) atoms. The summed E-state index contributed by atoms with van der Waals surface area (Å²) >= 11 is 8.84. The number of fused-ring (bicyclic) bond motifs is 1. The predicted octanol–water partition coefficient (Wildman–Crippen LogP) is 2.68. The second-order valence-corrected chi connectivity index (χ2v) is 6.74. The van der Waals surface area contributed by atoms with Crippen molar-refractivity contribution < 1.29 is 0 Å². The van der Waals surface area contributed by atoms with E-state index in [0.717, 1.165) is 4.21 Å². The minimum Gasteiger partial charge on any atom is -0.375 e. The van der Waals surface area contributed by atoms with Crippen molar-refractivity contribution in [3.63, 3.8) is 0 Å². The molecule has 8 heteroatoms. The molecule has 0 atom stereocenters. The van der Waals surface area contributed by atoms with Crippen LogP contribution in [-0.4, -0.2) is 14.4 Å². The van der Waals surface area contributed by atoms with Gasteiger partial charge in [0.05, 0.1) is 21.1 Å². The molecule has 0 unspecified atom stereocenters. The number of nitrogens with zero attached hydrogens (tertiary/aromatic N) is 3. The Morgan fingerprint density at radius 1 is 1.45 bits per heavy atom. The number of nitrogens with two attached hydrogens (primary N) is 1. The topological polar surface area (TPSA) is 73.3 Å². The first kappa shape index (κ1) is 13.4. The fourth-order valence-electron chi connectivity index (χ4n) is 1.68. The summed E-state index contributed by atoms with van der Waals surface area (Å²) in [6.45, 7) is 0. The maximum Gasteiger partial charge on any atom is 0.258 e. The quantitative estimate of drug-likeness (QED) is 0.750. The van der Waals surface area contributed by atoms with E-state index in [-0.39, 0.29) is 5.56 Å². The van der Waals surface area contributed by atoms with Crippen LogP contribution in [0.1, 0.15) is 5.69 Å². The molecule has 0 amide bonds. The summed E-state index contributed by atoms with van der Waals surface area (Å²) in [5.74, 6) is 0.593. The number of halogens is 1. The number of thioether (sulfide) groups is 1. The lowest BCUT2D eigenvalue weighted by Crippen LogP contribution is -2.14. The number of anilines is 1. The molecule has 0 bridgehead atoms. The van der Waals surface area contributed by atoms with Crippen LogP contribution in [0.2, 0.25) is 5.02 Å². The van der Waals surface area contributed by atoms with E-state index >= 15 is 0 Å². The summed E-state index contributed by atoms with van der Waals surface area (Å²) in [4.78, 5) is 20.4. The second kappa shape index (κ2) is 5.43. The van der Waals surface area contributed by atoms with Gasteiger partial charge in [-0.05, 0) is 12.1 Å². The van der Waals surface area contributed by atoms with Crippen molar-refractivity contribution in [1.29, 1.82) is 0 Å². The van der Waals surface area contributed by atoms with E-state index in [4.69, 9.17) is 17.3 Å². The van der Waals surface area contributed by atoms with Gasteiger partial charge in [-0.2, -0.15) is 0 Å². The Labute approximate surface area is 127 Å². The van der Waals surface area contributed by atoms with Crippen molar-refractivity contribution in [1.82, 2.24) is 14.4 Å². The van der Waals surface area contributed by atoms with Gasteiger partial charge in [-0.3, -0.25) is 9.20 Å². The Morgan fingerprint density at radius 3 is 3.05 bits per heavy atom. The van der Waals surface area contributed by atoms with E-state index in [0.29, 0.717) is 27.2 Å². The lowest BCUT2D eigenvalue weighted by atomic mass is 10.4. The zero-order chi connectivity index (χ0) is 14.1. The Morgan fingerprint density at radius 2 is 2.30 bits per heavy atom. The van der Waals surface area contributed by atoms with Crippen molar-refractivity contribution >= 4 is 45.5 Å². The number of hydrogen-bond acceptors (Lipinski definition) is 6. The van der Waals surface area contributed by atoms with Crippen molar-refractivity contribution in [2.24, 2.45) is 0 Å². The van der Waals surface area contributed by atoms with Gasteiger partial charge in [0.1, 0.15) is 5.65 Å². The molecule has 0 saturated heterocycles. The van der Waals surface area contributed by atoms with Crippen molar-refractivity contribution in [2.45, 2.75) is 9.96 Å². The Bertz CT molecular complexity index is 830. The summed E-state index contributed by atoms with van der Waals surface area (Å²) in [5, 5.41) is 1.04. The third-order valence-corrected chi connectivity index (χ3v) is 4.82. The molecule has 0 saturated carbocycles. The number of aromatic nitrogens is 3. The molecule has 0 aliphatic heterocycles. The standard InChI is InChI=1S/C12H9ClN4OS2/c13-7-1-2-9-16-8(3-10(18)17(9)5-7)6-19-11-4-15-12(14)20-11/h1-5H,6H2,(H2,14,15). The smallest absolute Gasteiger partial charge is 0.258 e. The summed E-state index contributed by atoms with van der Waals surface area (Å²) in [7, 11) is 0. The highest BCUT2D eigenvalue weighted by Gasteiger charge is 2.05. The molecule has 3 aromatic rings. The highest BCUT2D eigenvalue weighted by molar-refractivity contribution is 8.00. The Balaban J connectivity index is 1.89. The highest BCUT2D eigenvalue weighted by atomic mass is 35.5. The van der Waals surface area contributed by atoms with E-state index in [9.17, 15) is 4.79 Å². The minimum absolute atomic E-state index is 0.142. The molecule has 3 heterocycles. The number of pyridine rings is 1. The third kappa shape index (κ3) is 2.79. The molecule has 0 aliphatic rings. The van der Waals surface area contributed by atoms with Crippen LogP contribution in [-0.2, 0) is 5.75 Å². The van der Waals surface area contributed by atoms with Crippen LogP contribution in [0, 0.1) is 0 Å². The molecule has 102 valence electrons. The van der Waals surface area contributed by atoms with Crippen LogP contribution < -0.4 is 11.3 Å². The number of rotatable bonds is 3. The monoisotopic (exact) mass is 324 g/mol. The summed E-state index contributed by atoms with van der Waals surface area (Å²) in [5.41, 5.74) is 6.73. The van der Waals surface area contributed by atoms with Gasteiger partial charge in [0.25, 0.3) is 5.56 Å². The Hall–Kier alpha value is -1.57. The zero-order valence-corrected chi connectivity index (χ0v) is 12.5. The van der Waals surface area contributed by atoms with Crippen LogP contribution in [0.5, 0.6) is 0 Å². The largest absolute Gasteiger partial charge is 0.375 e. The molecular weight excluding hydrogens is 316 g/mol. The van der Waals surface area contributed by atoms with Gasteiger partial charge in [0.15, 0.2) is 5.13 Å². The maximum absolute atomic E-state index is 12.0. The van der Waals surface area contributed by atoms with Gasteiger partial charge >= 0.3 is 0 Å². The first-order valence-corrected chi connectivity index (χ1v) is 7.82. The van der Waals surface area contributed by atoms with Gasteiger partial charge < -0.3 is 5.73 Å². The normalized spacial score (nSPS) is 11.1. The summed E-state index contributed by atoms with van der Waals surface area (Å²) in [6, 6.07) is 4.95. The van der Waals surface area contributed by atoms with E-state index in [1.165, 1.54) is 21.8 Å². The lowest BCUT2D eigenvalue weighted by Gasteiger charge is -2.03. The fraction of sp³-hybridized carbons (Fsp3) is 0.0833. The molecule has 0 radical (unpaired) electrons. The molecule has 5 nitrogen and oxygen atoms in total. The minimum atomic E-state index is -0.142. The van der Waals surface area contributed by atoms with Crippen LogP contribution >= 0.6 is 34.7 Å². The first-order chi connectivity index (χ1) is 9.61. The molecule has 0 fully saturated rings. The van der Waals surface area contributed by atoms with Crippen molar-refractivity contribution in [3.05, 3.63) is 51.7 Å². The highest BCUT2D eigenvalue weighted by Crippen LogP contribution is 2.28. The zero-order valence-electron chi connectivity index (χ0n) is 10.1. The first-order valence-electron chi connectivity index (χ1n) is 5.64. The van der Waals surface area contributed by atoms with E-state index in [2.05, 4.69) is 9.97 Å². The SMILES string of the molecule is Nc1ncc(SCc2cc(=O)n3cc(Cl)ccc3n2)s1. The number of hydrogen-bond donors (Lipinski definition) is 1. The van der Waals surface area contributed by atoms with Crippen molar-refractivity contribution in [3.8, 4) is 0 Å². The molecule has 3 rings (SSSR count). The molecule has 0 spiro atoms. The lowest BCUT2D eigenvalue weighted by molar-refractivity contribution is 1.01. The predicted molar refractivity (Wildman–Crippen MR) is 82.6 cm³/mol. The number of thiazole rings is 1. The van der Waals surface area contributed by atoms with Crippen LogP contribution in [0.4, 0.5) is 5.13 Å². The van der Waals surface area contributed by atoms with Gasteiger partial charge in [-0.1, -0.05) is 22.9 Å². The van der Waals surface area contributed by atoms with E-state index in [1.54, 1.807) is 36.3 Å². The molecule has 2 N–H and O–H groups in total.